The molecule has 0 heterocycles. The summed E-state index contributed by atoms with van der Waals surface area (Å²) in [5.41, 5.74) is 1.73. The van der Waals surface area contributed by atoms with Gasteiger partial charge in [0.2, 0.25) is 0 Å². The molecule has 0 bridgehead atoms. The van der Waals surface area contributed by atoms with Crippen LogP contribution >= 0.6 is 23.2 Å². The van der Waals surface area contributed by atoms with Crippen molar-refractivity contribution in [1.29, 1.82) is 0 Å². The normalized spacial score (nSPS) is 10.4. The van der Waals surface area contributed by atoms with Crippen LogP contribution in [0.5, 0.6) is 5.75 Å². The number of carbonyl (C=O) groups is 1. The van der Waals surface area contributed by atoms with Crippen molar-refractivity contribution in [1.82, 2.24) is 0 Å². The maximum absolute atomic E-state index is 12.4. The Morgan fingerprint density at radius 3 is 2.32 bits per heavy atom. The van der Waals surface area contributed by atoms with Crippen molar-refractivity contribution in [3.63, 3.8) is 0 Å². The first-order valence-corrected chi connectivity index (χ1v) is 8.90. The zero-order chi connectivity index (χ0) is 20.1. The van der Waals surface area contributed by atoms with E-state index in [-0.39, 0.29) is 18.2 Å². The maximum atomic E-state index is 12.4. The van der Waals surface area contributed by atoms with Crippen LogP contribution in [-0.4, -0.2) is 10.8 Å². The summed E-state index contributed by atoms with van der Waals surface area (Å²) in [5.74, 6) is 0.204. The summed E-state index contributed by atoms with van der Waals surface area (Å²) in [6, 6.07) is 17.5. The van der Waals surface area contributed by atoms with Crippen LogP contribution in [0.15, 0.2) is 66.7 Å². The molecule has 8 heteroatoms. The highest BCUT2D eigenvalue weighted by Gasteiger charge is 2.10. The molecule has 1 amide bonds. The predicted octanol–water partition coefficient (Wildman–Crippen LogP) is 5.73. The molecular weight excluding hydrogens is 403 g/mol. The summed E-state index contributed by atoms with van der Waals surface area (Å²) in [4.78, 5) is 22.5. The van der Waals surface area contributed by atoms with Crippen molar-refractivity contribution >= 4 is 40.5 Å². The molecule has 0 aliphatic heterocycles. The molecule has 6 nitrogen and oxygen atoms in total. The molecule has 0 unspecified atom stereocenters. The summed E-state index contributed by atoms with van der Waals surface area (Å²) in [6.07, 6.45) is 0. The number of hydrogen-bond donors (Lipinski definition) is 1. The van der Waals surface area contributed by atoms with Crippen molar-refractivity contribution in [3.8, 4) is 5.75 Å². The number of halogens is 2. The molecule has 0 aliphatic carbocycles. The minimum Gasteiger partial charge on any atom is -0.489 e. The lowest BCUT2D eigenvalue weighted by Crippen LogP contribution is -2.12. The summed E-state index contributed by atoms with van der Waals surface area (Å²) >= 11 is 12.0. The quantitative estimate of drug-likeness (QED) is 0.410. The van der Waals surface area contributed by atoms with Crippen LogP contribution in [0, 0.1) is 10.1 Å². The third-order valence-corrected chi connectivity index (χ3v) is 4.41. The molecule has 28 heavy (non-hydrogen) atoms. The smallest absolute Gasteiger partial charge is 0.269 e. The lowest BCUT2D eigenvalue weighted by Gasteiger charge is -2.09. The second-order valence-corrected chi connectivity index (χ2v) is 6.66. The number of nitro benzene ring substituents is 1. The molecule has 0 saturated heterocycles. The van der Waals surface area contributed by atoms with E-state index in [4.69, 9.17) is 27.9 Å². The Bertz CT molecular complexity index is 1010. The molecule has 3 rings (SSSR count). The van der Waals surface area contributed by atoms with E-state index in [2.05, 4.69) is 5.32 Å². The number of nitrogens with one attached hydrogen (secondary N) is 1. The zero-order valence-electron chi connectivity index (χ0n) is 14.4. The van der Waals surface area contributed by atoms with E-state index in [9.17, 15) is 14.9 Å². The second-order valence-electron chi connectivity index (χ2n) is 5.81. The minimum atomic E-state index is -0.468. The SMILES string of the molecule is O=C(Nc1cc(Cl)ccc1Cl)c1ccc(COc2ccc([N+](=O)[O-])cc2)cc1. The average Bonchev–Trinajstić information content (AvgIpc) is 2.70. The predicted molar refractivity (Wildman–Crippen MR) is 108 cm³/mol. The van der Waals surface area contributed by atoms with Crippen LogP contribution in [0.2, 0.25) is 10.0 Å². The molecule has 3 aromatic rings. The number of anilines is 1. The largest absolute Gasteiger partial charge is 0.489 e. The Kier molecular flexibility index (Phi) is 6.13. The molecular formula is C20H14Cl2N2O4. The molecule has 0 atom stereocenters. The van der Waals surface area contributed by atoms with E-state index < -0.39 is 4.92 Å². The van der Waals surface area contributed by atoms with E-state index >= 15 is 0 Å². The van der Waals surface area contributed by atoms with Gasteiger partial charge in [0.1, 0.15) is 12.4 Å². The Morgan fingerprint density at radius 2 is 1.68 bits per heavy atom. The third-order valence-electron chi connectivity index (χ3n) is 3.85. The van der Waals surface area contributed by atoms with Crippen LogP contribution < -0.4 is 10.1 Å². The van der Waals surface area contributed by atoms with Gasteiger partial charge in [-0.25, -0.2) is 0 Å². The molecule has 0 saturated carbocycles. The Balaban J connectivity index is 1.60. The van der Waals surface area contributed by atoms with Gasteiger partial charge in [-0.05, 0) is 48.0 Å². The number of nitro groups is 1. The summed E-state index contributed by atoms with van der Waals surface area (Å²) < 4.78 is 5.60. The molecule has 1 N–H and O–H groups in total. The van der Waals surface area contributed by atoms with E-state index in [1.54, 1.807) is 42.5 Å². The highest BCUT2D eigenvalue weighted by Crippen LogP contribution is 2.26. The number of ether oxygens (including phenoxy) is 1. The van der Waals surface area contributed by atoms with Crippen molar-refractivity contribution < 1.29 is 14.5 Å². The van der Waals surface area contributed by atoms with Crippen LogP contribution in [0.25, 0.3) is 0 Å². The number of non-ortho nitro benzene ring substituents is 1. The second kappa shape index (κ2) is 8.73. The van der Waals surface area contributed by atoms with E-state index in [0.717, 1.165) is 5.56 Å². The number of carbonyl (C=O) groups excluding carboxylic acids is 1. The van der Waals surface area contributed by atoms with Gasteiger partial charge in [-0.2, -0.15) is 0 Å². The van der Waals surface area contributed by atoms with Crippen molar-refractivity contribution in [2.75, 3.05) is 5.32 Å². The van der Waals surface area contributed by atoms with E-state index in [1.807, 2.05) is 0 Å². The van der Waals surface area contributed by atoms with Crippen LogP contribution in [0.1, 0.15) is 15.9 Å². The number of hydrogen-bond acceptors (Lipinski definition) is 4. The van der Waals surface area contributed by atoms with Crippen LogP contribution in [0.4, 0.5) is 11.4 Å². The van der Waals surface area contributed by atoms with E-state index in [0.29, 0.717) is 27.0 Å². The Hall–Kier alpha value is -3.09. The van der Waals surface area contributed by atoms with Gasteiger partial charge in [0.25, 0.3) is 11.6 Å². The molecule has 0 aliphatic rings. The highest BCUT2D eigenvalue weighted by atomic mass is 35.5. The average molecular weight is 417 g/mol. The van der Waals surface area contributed by atoms with Gasteiger partial charge in [0.15, 0.2) is 0 Å². The van der Waals surface area contributed by atoms with Gasteiger partial charge >= 0.3 is 0 Å². The summed E-state index contributed by atoms with van der Waals surface area (Å²) in [5, 5.41) is 14.2. The van der Waals surface area contributed by atoms with Gasteiger partial charge in [0.05, 0.1) is 15.6 Å². The molecule has 0 spiro atoms. The maximum Gasteiger partial charge on any atom is 0.269 e. The molecule has 3 aromatic carbocycles. The highest BCUT2D eigenvalue weighted by molar-refractivity contribution is 6.35. The summed E-state index contributed by atoms with van der Waals surface area (Å²) in [6.45, 7) is 0.264. The zero-order valence-corrected chi connectivity index (χ0v) is 15.9. The Labute approximate surface area is 170 Å². The van der Waals surface area contributed by atoms with Crippen molar-refractivity contribution in [2.45, 2.75) is 6.61 Å². The van der Waals surface area contributed by atoms with Crippen molar-refractivity contribution in [3.05, 3.63) is 98.0 Å². The molecule has 0 aromatic heterocycles. The fourth-order valence-electron chi connectivity index (χ4n) is 2.37. The number of amides is 1. The first-order chi connectivity index (χ1) is 13.4. The third kappa shape index (κ3) is 5.00. The topological polar surface area (TPSA) is 81.5 Å². The first kappa shape index (κ1) is 19.7. The standard InChI is InChI=1S/C20H14Cl2N2O4/c21-15-5-10-18(22)19(11-15)23-20(25)14-3-1-13(2-4-14)12-28-17-8-6-16(7-9-17)24(26)27/h1-11H,12H2,(H,23,25). The lowest BCUT2D eigenvalue weighted by atomic mass is 10.1. The molecule has 142 valence electrons. The van der Waals surface area contributed by atoms with Crippen molar-refractivity contribution in [2.24, 2.45) is 0 Å². The summed E-state index contributed by atoms with van der Waals surface area (Å²) in [7, 11) is 0. The van der Waals surface area contributed by atoms with Gasteiger partial charge in [-0.3, -0.25) is 14.9 Å². The lowest BCUT2D eigenvalue weighted by molar-refractivity contribution is -0.384. The van der Waals surface area contributed by atoms with Gasteiger partial charge in [-0.1, -0.05) is 35.3 Å². The monoisotopic (exact) mass is 416 g/mol. The van der Waals surface area contributed by atoms with Gasteiger partial charge in [-0.15, -0.1) is 0 Å². The molecule has 0 radical (unpaired) electrons. The van der Waals surface area contributed by atoms with Gasteiger partial charge in [0, 0.05) is 22.7 Å². The molecule has 0 fully saturated rings. The van der Waals surface area contributed by atoms with Crippen LogP contribution in [0.3, 0.4) is 0 Å². The first-order valence-electron chi connectivity index (χ1n) is 8.15. The van der Waals surface area contributed by atoms with Gasteiger partial charge < -0.3 is 10.1 Å². The number of rotatable bonds is 6. The minimum absolute atomic E-state index is 0.00234. The van der Waals surface area contributed by atoms with Crippen LogP contribution in [-0.2, 0) is 6.61 Å². The fourth-order valence-corrected chi connectivity index (χ4v) is 2.71. The Morgan fingerprint density at radius 1 is 1.00 bits per heavy atom. The number of nitrogens with zero attached hydrogens (tertiary/aromatic N) is 1. The number of benzene rings is 3. The fraction of sp³-hybridized carbons (Fsp3) is 0.0500. The van der Waals surface area contributed by atoms with E-state index in [1.165, 1.54) is 24.3 Å².